The van der Waals surface area contributed by atoms with E-state index in [1.807, 2.05) is 25.1 Å². The maximum absolute atomic E-state index is 12.1. The predicted octanol–water partition coefficient (Wildman–Crippen LogP) is 3.38. The van der Waals surface area contributed by atoms with Gasteiger partial charge in [-0.05, 0) is 43.3 Å². The average molecular weight is 422 g/mol. The van der Waals surface area contributed by atoms with Gasteiger partial charge in [0.1, 0.15) is 11.5 Å². The highest BCUT2D eigenvalue weighted by Crippen LogP contribution is 2.24. The first-order valence-corrected chi connectivity index (χ1v) is 11.2. The Labute approximate surface area is 169 Å². The summed E-state index contributed by atoms with van der Waals surface area (Å²) >= 11 is 1.56. The van der Waals surface area contributed by atoms with Gasteiger partial charge in [0.2, 0.25) is 10.0 Å². The SMILES string of the molecule is CCOc1ccc2nc(SCCOc3ccc(S(=O)(=O)N(C)C)cc3)[nH]c2c1. The van der Waals surface area contributed by atoms with Crippen molar-refractivity contribution in [2.24, 2.45) is 0 Å². The van der Waals surface area contributed by atoms with Gasteiger partial charge < -0.3 is 14.5 Å². The number of fused-ring (bicyclic) bond motifs is 1. The molecule has 0 radical (unpaired) electrons. The fourth-order valence-corrected chi connectivity index (χ4v) is 4.11. The van der Waals surface area contributed by atoms with E-state index in [-0.39, 0.29) is 4.90 Å². The quantitative estimate of drug-likeness (QED) is 0.421. The summed E-state index contributed by atoms with van der Waals surface area (Å²) in [5.41, 5.74) is 1.83. The molecule has 0 aliphatic carbocycles. The Morgan fingerprint density at radius 1 is 1.07 bits per heavy atom. The molecule has 0 atom stereocenters. The number of aromatic amines is 1. The molecule has 0 saturated carbocycles. The van der Waals surface area contributed by atoms with E-state index >= 15 is 0 Å². The molecule has 0 aliphatic rings. The Kier molecular flexibility index (Phi) is 6.48. The molecular weight excluding hydrogens is 398 g/mol. The first kappa shape index (κ1) is 20.5. The molecule has 9 heteroatoms. The minimum Gasteiger partial charge on any atom is -0.494 e. The summed E-state index contributed by atoms with van der Waals surface area (Å²) in [6.07, 6.45) is 0. The largest absolute Gasteiger partial charge is 0.494 e. The lowest BCUT2D eigenvalue weighted by Gasteiger charge is -2.12. The van der Waals surface area contributed by atoms with Crippen LogP contribution >= 0.6 is 11.8 Å². The molecule has 1 heterocycles. The molecule has 0 spiro atoms. The number of nitrogens with one attached hydrogen (secondary N) is 1. The molecule has 1 N–H and O–H groups in total. The van der Waals surface area contributed by atoms with Gasteiger partial charge in [0.15, 0.2) is 5.16 Å². The molecule has 0 saturated heterocycles. The van der Waals surface area contributed by atoms with Crippen molar-refractivity contribution in [3.05, 3.63) is 42.5 Å². The predicted molar refractivity (Wildman–Crippen MR) is 111 cm³/mol. The number of benzene rings is 2. The average Bonchev–Trinajstić information content (AvgIpc) is 3.08. The van der Waals surface area contributed by atoms with E-state index in [1.165, 1.54) is 18.4 Å². The van der Waals surface area contributed by atoms with Crippen LogP contribution in [0.3, 0.4) is 0 Å². The van der Waals surface area contributed by atoms with Crippen molar-refractivity contribution >= 4 is 32.8 Å². The number of sulfonamides is 1. The van der Waals surface area contributed by atoms with Crippen molar-refractivity contribution in [1.29, 1.82) is 0 Å². The van der Waals surface area contributed by atoms with Crippen LogP contribution in [0.25, 0.3) is 11.0 Å². The zero-order valence-electron chi connectivity index (χ0n) is 16.0. The van der Waals surface area contributed by atoms with Crippen molar-refractivity contribution < 1.29 is 17.9 Å². The first-order valence-electron chi connectivity index (χ1n) is 8.81. The number of imidazole rings is 1. The van der Waals surface area contributed by atoms with Crippen molar-refractivity contribution in [1.82, 2.24) is 14.3 Å². The third-order valence-electron chi connectivity index (χ3n) is 3.94. The van der Waals surface area contributed by atoms with E-state index < -0.39 is 10.0 Å². The van der Waals surface area contributed by atoms with Crippen molar-refractivity contribution in [3.8, 4) is 11.5 Å². The first-order chi connectivity index (χ1) is 13.4. The summed E-state index contributed by atoms with van der Waals surface area (Å²) in [6.45, 7) is 3.06. The Morgan fingerprint density at radius 2 is 1.79 bits per heavy atom. The maximum atomic E-state index is 12.1. The maximum Gasteiger partial charge on any atom is 0.242 e. The molecule has 7 nitrogen and oxygen atoms in total. The minimum absolute atomic E-state index is 0.243. The van der Waals surface area contributed by atoms with Crippen LogP contribution in [-0.2, 0) is 10.0 Å². The summed E-state index contributed by atoms with van der Waals surface area (Å²) < 4.78 is 36.5. The van der Waals surface area contributed by atoms with Crippen LogP contribution in [0.4, 0.5) is 0 Å². The van der Waals surface area contributed by atoms with Crippen molar-refractivity contribution in [3.63, 3.8) is 0 Å². The zero-order valence-corrected chi connectivity index (χ0v) is 17.6. The standard InChI is InChI=1S/C19H23N3O4S2/c1-4-25-15-7-10-17-18(13-15)21-19(20-17)27-12-11-26-14-5-8-16(9-6-14)28(23,24)22(2)3/h5-10,13H,4,11-12H2,1-3H3,(H,20,21). The van der Waals surface area contributed by atoms with Crippen LogP contribution in [0.15, 0.2) is 52.5 Å². The Morgan fingerprint density at radius 3 is 2.46 bits per heavy atom. The number of thioether (sulfide) groups is 1. The number of rotatable bonds is 9. The lowest BCUT2D eigenvalue weighted by Crippen LogP contribution is -2.22. The number of ether oxygens (including phenoxy) is 2. The zero-order chi connectivity index (χ0) is 20.1. The molecule has 0 fully saturated rings. The summed E-state index contributed by atoms with van der Waals surface area (Å²) in [4.78, 5) is 8.05. The van der Waals surface area contributed by atoms with Crippen molar-refractivity contribution in [2.45, 2.75) is 17.0 Å². The van der Waals surface area contributed by atoms with Crippen LogP contribution in [0.1, 0.15) is 6.92 Å². The highest BCUT2D eigenvalue weighted by Gasteiger charge is 2.16. The number of aromatic nitrogens is 2. The van der Waals surface area contributed by atoms with Gasteiger partial charge in [0, 0.05) is 25.9 Å². The Balaban J connectivity index is 1.52. The van der Waals surface area contributed by atoms with Gasteiger partial charge in [-0.25, -0.2) is 17.7 Å². The molecule has 1 aromatic heterocycles. The van der Waals surface area contributed by atoms with Crippen LogP contribution in [0, 0.1) is 0 Å². The lowest BCUT2D eigenvalue weighted by molar-refractivity contribution is 0.340. The normalized spacial score (nSPS) is 11.9. The monoisotopic (exact) mass is 421 g/mol. The fourth-order valence-electron chi connectivity index (χ4n) is 2.51. The Hall–Kier alpha value is -2.23. The highest BCUT2D eigenvalue weighted by atomic mass is 32.2. The van der Waals surface area contributed by atoms with Gasteiger partial charge in [0.25, 0.3) is 0 Å². The van der Waals surface area contributed by atoms with E-state index in [2.05, 4.69) is 9.97 Å². The molecule has 0 amide bonds. The van der Waals surface area contributed by atoms with Gasteiger partial charge in [-0.1, -0.05) is 11.8 Å². The molecule has 0 unspecified atom stereocenters. The van der Waals surface area contributed by atoms with E-state index in [4.69, 9.17) is 9.47 Å². The Bertz CT molecular complexity index is 1030. The number of nitrogens with zero attached hydrogens (tertiary/aromatic N) is 2. The van der Waals surface area contributed by atoms with E-state index in [1.54, 1.807) is 36.0 Å². The summed E-state index contributed by atoms with van der Waals surface area (Å²) in [7, 11) is -0.409. The number of H-pyrrole nitrogens is 1. The topological polar surface area (TPSA) is 84.5 Å². The summed E-state index contributed by atoms with van der Waals surface area (Å²) in [6, 6.07) is 12.2. The van der Waals surface area contributed by atoms with Crippen LogP contribution < -0.4 is 9.47 Å². The molecule has 3 aromatic rings. The second-order valence-corrected chi connectivity index (χ2v) is 9.35. The van der Waals surface area contributed by atoms with E-state index in [9.17, 15) is 8.42 Å². The number of hydrogen-bond donors (Lipinski definition) is 1. The van der Waals surface area contributed by atoms with Crippen LogP contribution in [-0.4, -0.2) is 55.8 Å². The van der Waals surface area contributed by atoms with Gasteiger partial charge >= 0.3 is 0 Å². The molecule has 2 aromatic carbocycles. The van der Waals surface area contributed by atoms with Crippen molar-refractivity contribution in [2.75, 3.05) is 33.1 Å². The molecule has 28 heavy (non-hydrogen) atoms. The minimum atomic E-state index is -3.42. The van der Waals surface area contributed by atoms with Gasteiger partial charge in [0.05, 0.1) is 29.1 Å². The highest BCUT2D eigenvalue weighted by molar-refractivity contribution is 7.99. The van der Waals surface area contributed by atoms with E-state index in [0.717, 1.165) is 21.9 Å². The van der Waals surface area contributed by atoms with Gasteiger partial charge in [-0.3, -0.25) is 0 Å². The van der Waals surface area contributed by atoms with E-state index in [0.29, 0.717) is 24.7 Å². The third kappa shape index (κ3) is 4.78. The molecular formula is C19H23N3O4S2. The summed E-state index contributed by atoms with van der Waals surface area (Å²) in [5, 5.41) is 0.819. The number of hydrogen-bond acceptors (Lipinski definition) is 6. The molecule has 150 valence electrons. The van der Waals surface area contributed by atoms with Crippen LogP contribution in [0.2, 0.25) is 0 Å². The smallest absolute Gasteiger partial charge is 0.242 e. The summed E-state index contributed by atoms with van der Waals surface area (Å²) in [5.74, 6) is 2.15. The fraction of sp³-hybridized carbons (Fsp3) is 0.316. The molecule has 3 rings (SSSR count). The second kappa shape index (κ2) is 8.85. The molecule has 0 aliphatic heterocycles. The van der Waals surface area contributed by atoms with Gasteiger partial charge in [-0.15, -0.1) is 0 Å². The third-order valence-corrected chi connectivity index (χ3v) is 6.60. The lowest BCUT2D eigenvalue weighted by atomic mass is 10.3. The van der Waals surface area contributed by atoms with Gasteiger partial charge in [-0.2, -0.15) is 0 Å². The molecule has 0 bridgehead atoms. The second-order valence-electron chi connectivity index (χ2n) is 6.11. The van der Waals surface area contributed by atoms with Crippen LogP contribution in [0.5, 0.6) is 11.5 Å².